The highest BCUT2D eigenvalue weighted by Gasteiger charge is 2.24. The Morgan fingerprint density at radius 2 is 1.86 bits per heavy atom. The second kappa shape index (κ2) is 13.8. The third-order valence-electron chi connectivity index (χ3n) is 6.46. The van der Waals surface area contributed by atoms with Crippen LogP contribution in [-0.4, -0.2) is 75.4 Å². The van der Waals surface area contributed by atoms with Crippen LogP contribution in [0.1, 0.15) is 45.0 Å². The predicted molar refractivity (Wildman–Crippen MR) is 161 cm³/mol. The largest absolute Gasteiger partial charge is 0.464 e. The Bertz CT molecular complexity index is 1600. The van der Waals surface area contributed by atoms with Crippen LogP contribution in [0.3, 0.4) is 0 Å². The number of anilines is 1. The van der Waals surface area contributed by atoms with E-state index in [0.29, 0.717) is 17.5 Å². The smallest absolute Gasteiger partial charge is 0.417 e. The quantitative estimate of drug-likeness (QED) is 0.300. The molecular weight excluding hydrogens is 556 g/mol. The molecule has 43 heavy (non-hydrogen) atoms. The minimum Gasteiger partial charge on any atom is -0.464 e. The summed E-state index contributed by atoms with van der Waals surface area (Å²) >= 11 is 0. The summed E-state index contributed by atoms with van der Waals surface area (Å²) < 4.78 is 6.93. The number of carbonyl (C=O) groups excluding carboxylic acids is 3. The monoisotopic (exact) mass is 594 g/mol. The molecule has 1 unspecified atom stereocenters. The summed E-state index contributed by atoms with van der Waals surface area (Å²) in [5, 5.41) is 15.0. The number of nitrogens with zero attached hydrogens (tertiary/aromatic N) is 4. The number of allylic oxidation sites excluding steroid dienone is 1. The topological polar surface area (TPSA) is 165 Å². The summed E-state index contributed by atoms with van der Waals surface area (Å²) in [7, 11) is 4.37. The van der Waals surface area contributed by atoms with Gasteiger partial charge in [0.2, 0.25) is 11.8 Å². The molecule has 3 amide bonds. The van der Waals surface area contributed by atoms with Crippen LogP contribution in [0.4, 0.5) is 15.3 Å². The van der Waals surface area contributed by atoms with Crippen molar-refractivity contribution in [1.29, 1.82) is 0 Å². The third kappa shape index (κ3) is 8.53. The zero-order chi connectivity index (χ0) is 31.9. The van der Waals surface area contributed by atoms with Gasteiger partial charge in [0.05, 0.1) is 24.7 Å². The number of rotatable bonds is 10. The standard InChI is InChI=1S/C30H38N6O7/c1-30(2,3)17-19-11-9-14-22-25(19)33-23(36(22)29(41)42)18-35-16-10-13-21(27(35)39)31-26(38)20(32-28(40)43-6)12-7-8-15-24(37)34(4)5/h8-11,13-16,20H,7,12,17-18H2,1-6H3,(H,31,38)(H,32,40)(H,41,42)/b15-8+. The van der Waals surface area contributed by atoms with Crippen molar-refractivity contribution < 1.29 is 29.0 Å². The van der Waals surface area contributed by atoms with Crippen LogP contribution in [-0.2, 0) is 27.3 Å². The van der Waals surface area contributed by atoms with E-state index in [1.54, 1.807) is 32.3 Å². The summed E-state index contributed by atoms with van der Waals surface area (Å²) in [5.74, 6) is -0.760. The first-order chi connectivity index (χ1) is 20.2. The van der Waals surface area contributed by atoms with Gasteiger partial charge in [-0.15, -0.1) is 0 Å². The Morgan fingerprint density at radius 3 is 2.49 bits per heavy atom. The van der Waals surface area contributed by atoms with Gasteiger partial charge >= 0.3 is 12.2 Å². The molecule has 3 N–H and O–H groups in total. The van der Waals surface area contributed by atoms with Crippen molar-refractivity contribution in [2.45, 2.75) is 52.6 Å². The summed E-state index contributed by atoms with van der Waals surface area (Å²) in [4.78, 5) is 68.4. The number of imidazole rings is 1. The number of carbonyl (C=O) groups is 4. The van der Waals surface area contributed by atoms with E-state index in [0.717, 1.165) is 17.2 Å². The molecule has 0 saturated heterocycles. The number of fused-ring (bicyclic) bond motifs is 1. The molecule has 1 aromatic carbocycles. The molecule has 0 aliphatic heterocycles. The van der Waals surface area contributed by atoms with E-state index in [4.69, 9.17) is 0 Å². The number of nitrogens with one attached hydrogen (secondary N) is 2. The molecule has 0 saturated carbocycles. The molecule has 2 aromatic heterocycles. The zero-order valence-electron chi connectivity index (χ0n) is 25.2. The van der Waals surface area contributed by atoms with Crippen molar-refractivity contribution in [3.8, 4) is 0 Å². The van der Waals surface area contributed by atoms with E-state index in [-0.39, 0.29) is 42.2 Å². The van der Waals surface area contributed by atoms with E-state index in [1.807, 2.05) is 6.07 Å². The lowest BCUT2D eigenvalue weighted by Gasteiger charge is -2.18. The number of alkyl carbamates (subject to hydrolysis) is 1. The summed E-state index contributed by atoms with van der Waals surface area (Å²) in [6.45, 7) is 6.06. The lowest BCUT2D eigenvalue weighted by molar-refractivity contribution is -0.123. The number of benzene rings is 1. The molecule has 0 aliphatic carbocycles. The normalized spacial score (nSPS) is 12.2. The number of likely N-dealkylation sites (N-methyl/N-ethyl adjacent to an activating group) is 1. The maximum absolute atomic E-state index is 13.4. The predicted octanol–water partition coefficient (Wildman–Crippen LogP) is 3.45. The van der Waals surface area contributed by atoms with Gasteiger partial charge in [0, 0.05) is 20.3 Å². The molecular formula is C30H38N6O7. The number of para-hydroxylation sites is 1. The third-order valence-corrected chi connectivity index (χ3v) is 6.46. The van der Waals surface area contributed by atoms with E-state index in [1.165, 1.54) is 33.9 Å². The molecule has 0 radical (unpaired) electrons. The van der Waals surface area contributed by atoms with Crippen LogP contribution in [0.5, 0.6) is 0 Å². The fraction of sp³-hybridized carbons (Fsp3) is 0.400. The minimum absolute atomic E-state index is 0.0640. The fourth-order valence-corrected chi connectivity index (χ4v) is 4.43. The SMILES string of the molecule is COC(=O)NC(CC/C=C/C(=O)N(C)C)C(=O)Nc1cccn(Cc2nc3c(CC(C)(C)C)cccc3n2C(=O)O)c1=O. The molecule has 1 atom stereocenters. The second-order valence-corrected chi connectivity index (χ2v) is 11.4. The van der Waals surface area contributed by atoms with Gasteiger partial charge in [-0.3, -0.25) is 14.4 Å². The number of hydrogen-bond acceptors (Lipinski definition) is 7. The fourth-order valence-electron chi connectivity index (χ4n) is 4.43. The van der Waals surface area contributed by atoms with Crippen LogP contribution in [0.25, 0.3) is 11.0 Å². The first-order valence-electron chi connectivity index (χ1n) is 13.7. The van der Waals surface area contributed by atoms with E-state index < -0.39 is 29.7 Å². The van der Waals surface area contributed by atoms with Crippen LogP contribution in [0.15, 0.2) is 53.5 Å². The molecule has 0 fully saturated rings. The highest BCUT2D eigenvalue weighted by molar-refractivity contribution is 5.96. The van der Waals surface area contributed by atoms with Crippen molar-refractivity contribution in [2.24, 2.45) is 5.41 Å². The maximum Gasteiger partial charge on any atom is 0.417 e. The summed E-state index contributed by atoms with van der Waals surface area (Å²) in [6.07, 6.45) is 3.42. The summed E-state index contributed by atoms with van der Waals surface area (Å²) in [6, 6.07) is 7.24. The van der Waals surface area contributed by atoms with Crippen LogP contribution < -0.4 is 16.2 Å². The molecule has 13 heteroatoms. The number of amides is 3. The molecule has 2 heterocycles. The maximum atomic E-state index is 13.4. The van der Waals surface area contributed by atoms with Gasteiger partial charge in [-0.1, -0.05) is 39.0 Å². The Morgan fingerprint density at radius 1 is 1.14 bits per heavy atom. The second-order valence-electron chi connectivity index (χ2n) is 11.4. The number of hydrogen-bond donors (Lipinski definition) is 3. The highest BCUT2D eigenvalue weighted by atomic mass is 16.5. The van der Waals surface area contributed by atoms with Crippen LogP contribution >= 0.6 is 0 Å². The lowest BCUT2D eigenvalue weighted by atomic mass is 9.88. The molecule has 13 nitrogen and oxygen atoms in total. The van der Waals surface area contributed by atoms with Crippen molar-refractivity contribution in [2.75, 3.05) is 26.5 Å². The highest BCUT2D eigenvalue weighted by Crippen LogP contribution is 2.27. The average Bonchev–Trinajstić information content (AvgIpc) is 3.30. The summed E-state index contributed by atoms with van der Waals surface area (Å²) in [5.41, 5.74) is 1.12. The van der Waals surface area contributed by atoms with Gasteiger partial charge < -0.3 is 29.9 Å². The number of methoxy groups -OCH3 is 1. The molecule has 3 rings (SSSR count). The number of pyridine rings is 1. The van der Waals surface area contributed by atoms with Gasteiger partial charge in [-0.2, -0.15) is 0 Å². The van der Waals surface area contributed by atoms with Crippen molar-refractivity contribution in [1.82, 2.24) is 24.3 Å². The van der Waals surface area contributed by atoms with Crippen LogP contribution in [0.2, 0.25) is 0 Å². The van der Waals surface area contributed by atoms with Crippen molar-refractivity contribution >= 4 is 40.7 Å². The molecule has 3 aromatic rings. The molecule has 230 valence electrons. The average molecular weight is 595 g/mol. The minimum atomic E-state index is -1.24. The van der Waals surface area contributed by atoms with E-state index in [9.17, 15) is 29.1 Å². The van der Waals surface area contributed by atoms with Gasteiger partial charge in [-0.25, -0.2) is 19.1 Å². The zero-order valence-corrected chi connectivity index (χ0v) is 25.2. The Hall–Kier alpha value is -4.94. The number of carboxylic acid groups (broad SMARTS) is 1. The van der Waals surface area contributed by atoms with Gasteiger partial charge in [0.15, 0.2) is 0 Å². The van der Waals surface area contributed by atoms with Gasteiger partial charge in [0.1, 0.15) is 17.6 Å². The first kappa shape index (κ1) is 32.6. The first-order valence-corrected chi connectivity index (χ1v) is 13.7. The number of ether oxygens (including phenoxy) is 1. The number of aromatic nitrogens is 3. The Labute approximate surface area is 249 Å². The van der Waals surface area contributed by atoms with E-state index in [2.05, 4.69) is 41.1 Å². The Balaban J connectivity index is 1.88. The van der Waals surface area contributed by atoms with Gasteiger partial charge in [0.25, 0.3) is 5.56 Å². The Kier molecular flexibility index (Phi) is 10.5. The van der Waals surface area contributed by atoms with Crippen LogP contribution in [0, 0.1) is 5.41 Å². The lowest BCUT2D eigenvalue weighted by Crippen LogP contribution is -2.44. The van der Waals surface area contributed by atoms with Crippen molar-refractivity contribution in [3.63, 3.8) is 0 Å². The van der Waals surface area contributed by atoms with Crippen molar-refractivity contribution in [3.05, 3.63) is 70.4 Å². The molecule has 0 aliphatic rings. The van der Waals surface area contributed by atoms with Gasteiger partial charge in [-0.05, 0) is 54.5 Å². The molecule has 0 bridgehead atoms. The molecule has 0 spiro atoms. The van der Waals surface area contributed by atoms with E-state index >= 15 is 0 Å².